The SMILES string of the molecule is c1ccc(-c2nc(-c3cc4ccccc4cc3-c3ccccc3)nc(-c3c4nc(-c5ccccc5)oc4cc4oc5ccccc5c34)n2)cc1. The van der Waals surface area contributed by atoms with E-state index in [9.17, 15) is 0 Å². The van der Waals surface area contributed by atoms with Gasteiger partial charge < -0.3 is 8.83 Å². The number of rotatable bonds is 5. The van der Waals surface area contributed by atoms with Gasteiger partial charge >= 0.3 is 0 Å². The highest BCUT2D eigenvalue weighted by Gasteiger charge is 2.25. The maximum absolute atomic E-state index is 6.43. The first-order valence-corrected chi connectivity index (χ1v) is 16.5. The number of aromatic nitrogens is 4. The molecule has 0 radical (unpaired) electrons. The molecule has 0 unspecified atom stereocenters. The van der Waals surface area contributed by atoms with Crippen molar-refractivity contribution in [2.24, 2.45) is 0 Å². The number of benzene rings is 7. The Bertz CT molecular complexity index is 2860. The van der Waals surface area contributed by atoms with E-state index in [1.165, 1.54) is 0 Å². The fraction of sp³-hybridized carbons (Fsp3) is 0. The molecular weight excluding hydrogens is 617 g/mol. The first-order chi connectivity index (χ1) is 24.8. The third-order valence-electron chi connectivity index (χ3n) is 9.15. The molecule has 10 aromatic rings. The fourth-order valence-electron chi connectivity index (χ4n) is 6.80. The van der Waals surface area contributed by atoms with Crippen molar-refractivity contribution in [3.63, 3.8) is 0 Å². The lowest BCUT2D eigenvalue weighted by atomic mass is 9.95. The molecule has 0 fully saturated rings. The lowest BCUT2D eigenvalue weighted by Gasteiger charge is -2.14. The molecule has 6 heteroatoms. The molecule has 0 aliphatic carbocycles. The predicted molar refractivity (Wildman–Crippen MR) is 199 cm³/mol. The van der Waals surface area contributed by atoms with Gasteiger partial charge in [-0.15, -0.1) is 0 Å². The number of hydrogen-bond donors (Lipinski definition) is 0. The zero-order valence-corrected chi connectivity index (χ0v) is 26.6. The highest BCUT2D eigenvalue weighted by atomic mass is 16.4. The summed E-state index contributed by atoms with van der Waals surface area (Å²) in [6.07, 6.45) is 0. The van der Waals surface area contributed by atoms with Crippen LogP contribution < -0.4 is 0 Å². The molecule has 6 nitrogen and oxygen atoms in total. The molecule has 3 aromatic heterocycles. The van der Waals surface area contributed by atoms with Crippen molar-refractivity contribution in [1.82, 2.24) is 19.9 Å². The summed E-state index contributed by atoms with van der Waals surface area (Å²) >= 11 is 0. The fourth-order valence-corrected chi connectivity index (χ4v) is 6.80. The number of fused-ring (bicyclic) bond motifs is 5. The number of nitrogens with zero attached hydrogens (tertiary/aromatic N) is 4. The molecule has 0 atom stereocenters. The van der Waals surface area contributed by atoms with E-state index in [1.54, 1.807) is 0 Å². The standard InChI is InChI=1S/C44H26N4O2/c1-4-14-27(15-5-1)33-24-30-20-10-11-21-31(30)25-34(33)42-46-41(28-16-6-2-7-17-28)47-43(48-42)39-38-32-22-12-13-23-35(32)49-36(38)26-37-40(39)45-44(50-37)29-18-8-3-9-19-29/h1-26H. The Morgan fingerprint density at radius 1 is 0.380 bits per heavy atom. The largest absolute Gasteiger partial charge is 0.456 e. The van der Waals surface area contributed by atoms with Gasteiger partial charge in [-0.3, -0.25) is 0 Å². The minimum Gasteiger partial charge on any atom is -0.456 e. The van der Waals surface area contributed by atoms with Crippen molar-refractivity contribution >= 4 is 43.8 Å². The van der Waals surface area contributed by atoms with E-state index in [-0.39, 0.29) is 0 Å². The number of furan rings is 1. The normalized spacial score (nSPS) is 11.6. The molecule has 0 amide bonds. The Morgan fingerprint density at radius 3 is 1.70 bits per heavy atom. The van der Waals surface area contributed by atoms with Crippen LogP contribution in [0.15, 0.2) is 167 Å². The van der Waals surface area contributed by atoms with Gasteiger partial charge in [0.15, 0.2) is 23.1 Å². The molecule has 0 bridgehead atoms. The summed E-state index contributed by atoms with van der Waals surface area (Å²) in [5.41, 5.74) is 8.17. The molecular formula is C44H26N4O2. The van der Waals surface area contributed by atoms with Crippen LogP contribution >= 0.6 is 0 Å². The van der Waals surface area contributed by atoms with Crippen LogP contribution in [0, 0.1) is 0 Å². The molecule has 0 aliphatic rings. The number of hydrogen-bond acceptors (Lipinski definition) is 6. The van der Waals surface area contributed by atoms with E-state index in [1.807, 2.05) is 91.0 Å². The van der Waals surface area contributed by atoms with Crippen LogP contribution in [-0.4, -0.2) is 19.9 Å². The molecule has 3 heterocycles. The van der Waals surface area contributed by atoms with Gasteiger partial charge in [-0.1, -0.05) is 121 Å². The van der Waals surface area contributed by atoms with Crippen LogP contribution in [0.2, 0.25) is 0 Å². The van der Waals surface area contributed by atoms with Gasteiger partial charge in [0.1, 0.15) is 16.7 Å². The average Bonchev–Trinajstić information content (AvgIpc) is 3.78. The molecule has 10 rings (SSSR count). The van der Waals surface area contributed by atoms with Gasteiger partial charge in [0.05, 0.1) is 5.56 Å². The van der Waals surface area contributed by atoms with E-state index in [0.29, 0.717) is 40.0 Å². The summed E-state index contributed by atoms with van der Waals surface area (Å²) in [6, 6.07) is 53.0. The minimum atomic E-state index is 0.482. The smallest absolute Gasteiger partial charge is 0.227 e. The van der Waals surface area contributed by atoms with Crippen molar-refractivity contribution in [3.05, 3.63) is 158 Å². The van der Waals surface area contributed by atoms with Crippen molar-refractivity contribution in [3.8, 4) is 56.7 Å². The molecule has 0 aliphatic heterocycles. The van der Waals surface area contributed by atoms with Gasteiger partial charge in [-0.25, -0.2) is 19.9 Å². The monoisotopic (exact) mass is 642 g/mol. The first-order valence-electron chi connectivity index (χ1n) is 16.5. The Labute approximate surface area is 286 Å². The van der Waals surface area contributed by atoms with Gasteiger partial charge in [-0.2, -0.15) is 0 Å². The second kappa shape index (κ2) is 11.4. The highest BCUT2D eigenvalue weighted by Crippen LogP contribution is 2.43. The van der Waals surface area contributed by atoms with Crippen LogP contribution in [0.5, 0.6) is 0 Å². The second-order valence-electron chi connectivity index (χ2n) is 12.2. The molecule has 0 saturated heterocycles. The average molecular weight is 643 g/mol. The third-order valence-corrected chi connectivity index (χ3v) is 9.15. The van der Waals surface area contributed by atoms with E-state index >= 15 is 0 Å². The summed E-state index contributed by atoms with van der Waals surface area (Å²) in [6.45, 7) is 0. The zero-order chi connectivity index (χ0) is 33.0. The zero-order valence-electron chi connectivity index (χ0n) is 26.6. The van der Waals surface area contributed by atoms with Crippen LogP contribution in [-0.2, 0) is 0 Å². The third kappa shape index (κ3) is 4.65. The lowest BCUT2D eigenvalue weighted by molar-refractivity contribution is 0.617. The molecule has 0 N–H and O–H groups in total. The Kier molecular flexibility index (Phi) is 6.39. The maximum atomic E-state index is 6.43. The van der Waals surface area contributed by atoms with E-state index < -0.39 is 0 Å². The van der Waals surface area contributed by atoms with E-state index in [0.717, 1.165) is 60.5 Å². The quantitative estimate of drug-likeness (QED) is 0.186. The van der Waals surface area contributed by atoms with Crippen LogP contribution in [0.1, 0.15) is 0 Å². The Hall–Kier alpha value is -6.92. The summed E-state index contributed by atoms with van der Waals surface area (Å²) in [5, 5.41) is 4.06. The summed E-state index contributed by atoms with van der Waals surface area (Å²) in [4.78, 5) is 20.8. The molecule has 234 valence electrons. The van der Waals surface area contributed by atoms with E-state index in [4.69, 9.17) is 28.8 Å². The Morgan fingerprint density at radius 2 is 0.960 bits per heavy atom. The van der Waals surface area contributed by atoms with Gasteiger partial charge in [0.2, 0.25) is 5.89 Å². The van der Waals surface area contributed by atoms with Gasteiger partial charge in [0.25, 0.3) is 0 Å². The highest BCUT2D eigenvalue weighted by molar-refractivity contribution is 6.18. The van der Waals surface area contributed by atoms with Gasteiger partial charge in [0, 0.05) is 33.5 Å². The second-order valence-corrected chi connectivity index (χ2v) is 12.2. The molecule has 0 saturated carbocycles. The van der Waals surface area contributed by atoms with Crippen molar-refractivity contribution in [2.75, 3.05) is 0 Å². The molecule has 50 heavy (non-hydrogen) atoms. The van der Waals surface area contributed by atoms with Crippen molar-refractivity contribution < 1.29 is 8.83 Å². The number of para-hydroxylation sites is 1. The van der Waals surface area contributed by atoms with Crippen LogP contribution in [0.3, 0.4) is 0 Å². The first kappa shape index (κ1) is 28.1. The van der Waals surface area contributed by atoms with Crippen molar-refractivity contribution in [1.29, 1.82) is 0 Å². The summed E-state index contributed by atoms with van der Waals surface area (Å²) in [7, 11) is 0. The maximum Gasteiger partial charge on any atom is 0.227 e. The Balaban J connectivity index is 1.32. The number of oxazole rings is 1. The predicted octanol–water partition coefficient (Wildman–Crippen LogP) is 11.4. The molecule has 7 aromatic carbocycles. The van der Waals surface area contributed by atoms with Crippen LogP contribution in [0.25, 0.3) is 101 Å². The van der Waals surface area contributed by atoms with Crippen LogP contribution in [0.4, 0.5) is 0 Å². The molecule has 0 spiro atoms. The van der Waals surface area contributed by atoms with Gasteiger partial charge in [-0.05, 0) is 52.2 Å². The minimum absolute atomic E-state index is 0.482. The lowest BCUT2D eigenvalue weighted by Crippen LogP contribution is -2.02. The summed E-state index contributed by atoms with van der Waals surface area (Å²) < 4.78 is 12.9. The van der Waals surface area contributed by atoms with Crippen molar-refractivity contribution in [2.45, 2.75) is 0 Å². The summed E-state index contributed by atoms with van der Waals surface area (Å²) in [5.74, 6) is 2.11. The van der Waals surface area contributed by atoms with E-state index in [2.05, 4.69) is 66.7 Å². The topological polar surface area (TPSA) is 77.8 Å².